The second-order valence-corrected chi connectivity index (χ2v) is 7.94. The molecule has 3 aromatic rings. The largest absolute Gasteiger partial charge is 0.347 e. The van der Waals surface area contributed by atoms with Gasteiger partial charge in [-0.05, 0) is 46.4 Å². The van der Waals surface area contributed by atoms with E-state index >= 15 is 0 Å². The molecule has 1 fully saturated rings. The molecule has 4 heteroatoms. The van der Waals surface area contributed by atoms with Gasteiger partial charge in [-0.25, -0.2) is 4.99 Å². The highest BCUT2D eigenvalue weighted by Crippen LogP contribution is 2.35. The molecule has 2 N–H and O–H groups in total. The first kappa shape index (κ1) is 18.0. The van der Waals surface area contributed by atoms with Crippen molar-refractivity contribution in [3.05, 3.63) is 112 Å². The van der Waals surface area contributed by atoms with Crippen LogP contribution in [0.5, 0.6) is 0 Å². The lowest BCUT2D eigenvalue weighted by Crippen LogP contribution is -2.25. The quantitative estimate of drug-likeness (QED) is 0.580. The summed E-state index contributed by atoms with van der Waals surface area (Å²) in [6.45, 7) is 0.642. The van der Waals surface area contributed by atoms with Crippen molar-refractivity contribution in [1.29, 1.82) is 0 Å². The molecule has 0 saturated carbocycles. The zero-order valence-corrected chi connectivity index (χ0v) is 16.7. The minimum Gasteiger partial charge on any atom is -0.347 e. The fraction of sp³-hybridized carbons (Fsp3) is 0.160. The topological polar surface area (TPSA) is 36.4 Å². The highest BCUT2D eigenvalue weighted by molar-refractivity contribution is 6.30. The van der Waals surface area contributed by atoms with Crippen LogP contribution in [0, 0.1) is 0 Å². The third kappa shape index (κ3) is 4.06. The van der Waals surface area contributed by atoms with E-state index < -0.39 is 0 Å². The van der Waals surface area contributed by atoms with Crippen LogP contribution in [0.1, 0.15) is 40.8 Å². The van der Waals surface area contributed by atoms with Gasteiger partial charge in [0.15, 0.2) is 5.96 Å². The van der Waals surface area contributed by atoms with E-state index in [2.05, 4.69) is 65.2 Å². The molecule has 0 radical (unpaired) electrons. The first-order valence-electron chi connectivity index (χ1n) is 9.92. The van der Waals surface area contributed by atoms with E-state index in [1.807, 2.05) is 30.3 Å². The number of nitrogens with one attached hydrogen (secondary N) is 2. The van der Waals surface area contributed by atoms with Crippen LogP contribution in [0.2, 0.25) is 5.02 Å². The Morgan fingerprint density at radius 1 is 0.793 bits per heavy atom. The van der Waals surface area contributed by atoms with Crippen LogP contribution in [-0.4, -0.2) is 5.96 Å². The summed E-state index contributed by atoms with van der Waals surface area (Å²) in [4.78, 5) is 4.78. The molecule has 0 aromatic heterocycles. The summed E-state index contributed by atoms with van der Waals surface area (Å²) in [6.07, 6.45) is 3.38. The number of halogens is 1. The van der Waals surface area contributed by atoms with E-state index in [4.69, 9.17) is 16.6 Å². The minimum absolute atomic E-state index is 0.0905. The SMILES string of the molecule is Clc1ccc([C@H]2NC(=NCc3ccccc3)N[C@H]2c2ccc(C3=CC3)cc2)cc1. The van der Waals surface area contributed by atoms with Gasteiger partial charge in [0.05, 0.1) is 18.6 Å². The van der Waals surface area contributed by atoms with Crippen molar-refractivity contribution in [2.45, 2.75) is 25.0 Å². The molecule has 5 rings (SSSR count). The van der Waals surface area contributed by atoms with Crippen molar-refractivity contribution in [3.63, 3.8) is 0 Å². The van der Waals surface area contributed by atoms with Gasteiger partial charge in [0, 0.05) is 5.02 Å². The number of aliphatic imine (C=N–C) groups is 1. The van der Waals surface area contributed by atoms with Gasteiger partial charge in [-0.3, -0.25) is 0 Å². The Balaban J connectivity index is 1.42. The van der Waals surface area contributed by atoms with Crippen LogP contribution in [0.3, 0.4) is 0 Å². The summed E-state index contributed by atoms with van der Waals surface area (Å²) in [5.41, 5.74) is 6.38. The minimum atomic E-state index is 0.0905. The summed E-state index contributed by atoms with van der Waals surface area (Å²) >= 11 is 6.11. The van der Waals surface area contributed by atoms with E-state index in [0.29, 0.717) is 6.54 Å². The van der Waals surface area contributed by atoms with E-state index in [0.717, 1.165) is 17.4 Å². The fourth-order valence-electron chi connectivity index (χ4n) is 3.76. The molecular formula is C25H22ClN3. The van der Waals surface area contributed by atoms with Crippen molar-refractivity contribution in [3.8, 4) is 0 Å². The lowest BCUT2D eigenvalue weighted by Gasteiger charge is -2.20. The number of nitrogens with zero attached hydrogens (tertiary/aromatic N) is 1. The Labute approximate surface area is 176 Å². The molecule has 3 nitrogen and oxygen atoms in total. The molecule has 2 aliphatic rings. The van der Waals surface area contributed by atoms with Crippen molar-refractivity contribution in [2.24, 2.45) is 4.99 Å². The van der Waals surface area contributed by atoms with Gasteiger partial charge in [0.1, 0.15) is 0 Å². The van der Waals surface area contributed by atoms with E-state index in [1.165, 1.54) is 27.8 Å². The number of benzene rings is 3. The first-order valence-corrected chi connectivity index (χ1v) is 10.3. The zero-order chi connectivity index (χ0) is 19.6. The first-order chi connectivity index (χ1) is 14.3. The Morgan fingerprint density at radius 3 is 1.97 bits per heavy atom. The standard InChI is InChI=1S/C25H22ClN3/c26-22-14-12-21(13-15-22)24-23(20-10-8-19(9-11-20)18-6-7-18)28-25(29-24)27-16-17-4-2-1-3-5-17/h1-6,8-15,23-24H,7,16H2,(H2,27,28,29)/t23-,24+/m0/s1. The van der Waals surface area contributed by atoms with Crippen LogP contribution >= 0.6 is 11.6 Å². The molecule has 29 heavy (non-hydrogen) atoms. The third-order valence-corrected chi connectivity index (χ3v) is 5.71. The van der Waals surface area contributed by atoms with Gasteiger partial charge < -0.3 is 10.6 Å². The Morgan fingerprint density at radius 2 is 1.38 bits per heavy atom. The molecule has 1 aliphatic carbocycles. The average Bonchev–Trinajstić information content (AvgIpc) is 3.53. The molecule has 0 unspecified atom stereocenters. The molecular weight excluding hydrogens is 378 g/mol. The Bertz CT molecular complexity index is 1050. The van der Waals surface area contributed by atoms with Gasteiger partial charge in [-0.2, -0.15) is 0 Å². The van der Waals surface area contributed by atoms with Crippen LogP contribution < -0.4 is 10.6 Å². The molecule has 144 valence electrons. The van der Waals surface area contributed by atoms with Gasteiger partial charge in [-0.15, -0.1) is 0 Å². The van der Waals surface area contributed by atoms with E-state index in [-0.39, 0.29) is 12.1 Å². The van der Waals surface area contributed by atoms with Crippen molar-refractivity contribution < 1.29 is 0 Å². The second kappa shape index (κ2) is 7.76. The summed E-state index contributed by atoms with van der Waals surface area (Å²) in [6, 6.07) is 27.4. The Hall–Kier alpha value is -3.04. The van der Waals surface area contributed by atoms with Gasteiger partial charge in [-0.1, -0.05) is 84.4 Å². The molecule has 1 heterocycles. The smallest absolute Gasteiger partial charge is 0.192 e. The highest BCUT2D eigenvalue weighted by atomic mass is 35.5. The predicted octanol–water partition coefficient (Wildman–Crippen LogP) is 5.66. The molecule has 2 atom stereocenters. The van der Waals surface area contributed by atoms with Crippen LogP contribution in [-0.2, 0) is 6.54 Å². The lowest BCUT2D eigenvalue weighted by atomic mass is 9.94. The summed E-state index contributed by atoms with van der Waals surface area (Å²) in [7, 11) is 0. The molecule has 3 aromatic carbocycles. The maximum absolute atomic E-state index is 6.11. The second-order valence-electron chi connectivity index (χ2n) is 7.50. The van der Waals surface area contributed by atoms with Gasteiger partial charge in [0.2, 0.25) is 0 Å². The van der Waals surface area contributed by atoms with Gasteiger partial charge in [0.25, 0.3) is 0 Å². The monoisotopic (exact) mass is 399 g/mol. The average molecular weight is 400 g/mol. The van der Waals surface area contributed by atoms with Crippen LogP contribution in [0.15, 0.2) is 89.9 Å². The molecule has 0 spiro atoms. The predicted molar refractivity (Wildman–Crippen MR) is 120 cm³/mol. The Kier molecular flexibility index (Phi) is 4.82. The van der Waals surface area contributed by atoms with E-state index in [9.17, 15) is 0 Å². The zero-order valence-electron chi connectivity index (χ0n) is 16.0. The summed E-state index contributed by atoms with van der Waals surface area (Å²) in [5, 5.41) is 7.92. The number of rotatable bonds is 5. The summed E-state index contributed by atoms with van der Waals surface area (Å²) < 4.78 is 0. The molecule has 1 saturated heterocycles. The van der Waals surface area contributed by atoms with Crippen LogP contribution in [0.4, 0.5) is 0 Å². The maximum Gasteiger partial charge on any atom is 0.192 e. The number of hydrogen-bond donors (Lipinski definition) is 2. The van der Waals surface area contributed by atoms with Crippen LogP contribution in [0.25, 0.3) is 5.57 Å². The maximum atomic E-state index is 6.11. The number of guanidine groups is 1. The molecule has 1 aliphatic heterocycles. The fourth-order valence-corrected chi connectivity index (χ4v) is 3.89. The number of hydrogen-bond acceptors (Lipinski definition) is 1. The highest BCUT2D eigenvalue weighted by Gasteiger charge is 2.32. The molecule has 0 amide bonds. The normalized spacial score (nSPS) is 21.4. The van der Waals surface area contributed by atoms with E-state index in [1.54, 1.807) is 0 Å². The van der Waals surface area contributed by atoms with Crippen molar-refractivity contribution in [2.75, 3.05) is 0 Å². The third-order valence-electron chi connectivity index (χ3n) is 5.46. The molecule has 0 bridgehead atoms. The van der Waals surface area contributed by atoms with Gasteiger partial charge >= 0.3 is 0 Å². The van der Waals surface area contributed by atoms with Crippen molar-refractivity contribution >= 4 is 23.1 Å². The number of allylic oxidation sites excluding steroid dienone is 2. The summed E-state index contributed by atoms with van der Waals surface area (Å²) in [5.74, 6) is 0.827. The van der Waals surface area contributed by atoms with Crippen molar-refractivity contribution in [1.82, 2.24) is 10.6 Å². The lowest BCUT2D eigenvalue weighted by molar-refractivity contribution is 0.554.